The van der Waals surface area contributed by atoms with Crippen molar-refractivity contribution < 1.29 is 18.4 Å². The van der Waals surface area contributed by atoms with Gasteiger partial charge in [-0.2, -0.15) is 0 Å². The minimum absolute atomic E-state index is 0.0855. The molecule has 6 heteroatoms. The molecule has 2 atom stereocenters. The van der Waals surface area contributed by atoms with E-state index >= 15 is 0 Å². The third-order valence-electron chi connectivity index (χ3n) is 4.50. The van der Waals surface area contributed by atoms with Crippen LogP contribution in [0.1, 0.15) is 28.5 Å². The van der Waals surface area contributed by atoms with Crippen LogP contribution in [0.3, 0.4) is 0 Å². The van der Waals surface area contributed by atoms with Crippen LogP contribution in [0.15, 0.2) is 52.9 Å². The smallest absolute Gasteiger partial charge is 0.286 e. The van der Waals surface area contributed by atoms with Crippen molar-refractivity contribution in [2.24, 2.45) is 11.7 Å². The summed E-state index contributed by atoms with van der Waals surface area (Å²) in [5, 5.41) is 3.34. The number of rotatable bonds is 4. The van der Waals surface area contributed by atoms with Gasteiger partial charge in [-0.1, -0.05) is 30.3 Å². The summed E-state index contributed by atoms with van der Waals surface area (Å²) in [5.41, 5.74) is 6.62. The Balaban J connectivity index is 1.60. The maximum absolute atomic E-state index is 13.9. The van der Waals surface area contributed by atoms with Gasteiger partial charge in [0, 0.05) is 11.3 Å². The largest absolute Gasteiger partial charge is 0.449 e. The highest BCUT2D eigenvalue weighted by Gasteiger charge is 2.45. The molecule has 3 N–H and O–H groups in total. The lowest BCUT2D eigenvalue weighted by Gasteiger charge is -2.05. The van der Waals surface area contributed by atoms with E-state index in [2.05, 4.69) is 5.32 Å². The summed E-state index contributed by atoms with van der Waals surface area (Å²) >= 11 is 0. The van der Waals surface area contributed by atoms with Crippen molar-refractivity contribution in [1.29, 1.82) is 0 Å². The van der Waals surface area contributed by atoms with Gasteiger partial charge in [-0.25, -0.2) is 4.39 Å². The Kier molecular flexibility index (Phi) is 3.53. The Hall–Kier alpha value is -3.15. The van der Waals surface area contributed by atoms with E-state index in [1.807, 2.05) is 0 Å². The quantitative estimate of drug-likeness (QED) is 0.764. The number of hydrogen-bond donors (Lipinski definition) is 2. The van der Waals surface area contributed by atoms with Crippen molar-refractivity contribution in [3.05, 3.63) is 65.7 Å². The zero-order valence-corrected chi connectivity index (χ0v) is 13.2. The summed E-state index contributed by atoms with van der Waals surface area (Å²) in [6.45, 7) is 0. The first-order chi connectivity index (χ1) is 12.1. The minimum atomic E-state index is -0.757. The number of carbonyl (C=O) groups is 2. The van der Waals surface area contributed by atoms with Crippen LogP contribution < -0.4 is 11.1 Å². The Morgan fingerprint density at radius 1 is 1.12 bits per heavy atom. The average Bonchev–Trinajstić information content (AvgIpc) is 3.31. The predicted molar refractivity (Wildman–Crippen MR) is 90.6 cm³/mol. The molecule has 0 radical (unpaired) electrons. The van der Waals surface area contributed by atoms with Crippen LogP contribution in [0, 0.1) is 11.7 Å². The lowest BCUT2D eigenvalue weighted by Crippen LogP contribution is -2.18. The Bertz CT molecular complexity index is 995. The highest BCUT2D eigenvalue weighted by Crippen LogP contribution is 2.49. The number of anilines is 1. The standard InChI is InChI=1S/C19H15FN2O3/c20-14-7-3-1-5-10(14)12-9-13(12)19(24)22-16-11-6-2-4-8-15(11)25-17(16)18(21)23/h1-8,12-13H,9H2,(H2,21,23)(H,22,24)/t12-,13+/m0/s1. The van der Waals surface area contributed by atoms with Crippen LogP contribution in [0.25, 0.3) is 11.0 Å². The first-order valence-corrected chi connectivity index (χ1v) is 7.93. The molecule has 0 aliphatic heterocycles. The van der Waals surface area contributed by atoms with Gasteiger partial charge in [0.25, 0.3) is 5.91 Å². The number of fused-ring (bicyclic) bond motifs is 1. The molecule has 25 heavy (non-hydrogen) atoms. The van der Waals surface area contributed by atoms with Crippen molar-refractivity contribution in [3.8, 4) is 0 Å². The molecule has 2 amide bonds. The van der Waals surface area contributed by atoms with Crippen LogP contribution in [0.2, 0.25) is 0 Å². The van der Waals surface area contributed by atoms with Crippen LogP contribution in [0.4, 0.5) is 10.1 Å². The number of halogens is 1. The molecule has 1 aliphatic carbocycles. The maximum Gasteiger partial charge on any atom is 0.286 e. The van der Waals surface area contributed by atoms with Crippen molar-refractivity contribution in [3.63, 3.8) is 0 Å². The molecule has 2 aromatic carbocycles. The molecule has 1 heterocycles. The predicted octanol–water partition coefficient (Wildman–Crippen LogP) is 3.41. The van der Waals surface area contributed by atoms with Crippen molar-refractivity contribution in [2.45, 2.75) is 12.3 Å². The van der Waals surface area contributed by atoms with Crippen LogP contribution >= 0.6 is 0 Å². The van der Waals surface area contributed by atoms with E-state index in [0.29, 0.717) is 23.0 Å². The fourth-order valence-electron chi connectivity index (χ4n) is 3.16. The topological polar surface area (TPSA) is 85.3 Å². The molecule has 5 nitrogen and oxygen atoms in total. The second-order valence-corrected chi connectivity index (χ2v) is 6.13. The molecule has 4 rings (SSSR count). The van der Waals surface area contributed by atoms with Gasteiger partial charge >= 0.3 is 0 Å². The number of nitrogens with two attached hydrogens (primary N) is 1. The molecule has 1 fully saturated rings. The molecule has 1 saturated carbocycles. The average molecular weight is 338 g/mol. The van der Waals surface area contributed by atoms with E-state index in [1.165, 1.54) is 6.07 Å². The molecule has 0 unspecified atom stereocenters. The van der Waals surface area contributed by atoms with Crippen LogP contribution in [-0.2, 0) is 4.79 Å². The van der Waals surface area contributed by atoms with Gasteiger partial charge in [-0.05, 0) is 36.1 Å². The van der Waals surface area contributed by atoms with Crippen LogP contribution in [-0.4, -0.2) is 11.8 Å². The summed E-state index contributed by atoms with van der Waals surface area (Å²) in [5.74, 6) is -1.93. The molecule has 126 valence electrons. The number of para-hydroxylation sites is 1. The minimum Gasteiger partial charge on any atom is -0.449 e. The first kappa shape index (κ1) is 15.4. The van der Waals surface area contributed by atoms with Crippen LogP contribution in [0.5, 0.6) is 0 Å². The summed E-state index contributed by atoms with van der Waals surface area (Å²) in [4.78, 5) is 24.2. The third-order valence-corrected chi connectivity index (χ3v) is 4.50. The van der Waals surface area contributed by atoms with E-state index in [1.54, 1.807) is 42.5 Å². The Morgan fingerprint density at radius 2 is 1.84 bits per heavy atom. The van der Waals surface area contributed by atoms with Gasteiger partial charge in [0.15, 0.2) is 0 Å². The van der Waals surface area contributed by atoms with Gasteiger partial charge in [-0.3, -0.25) is 9.59 Å². The Morgan fingerprint density at radius 3 is 2.60 bits per heavy atom. The fraction of sp³-hybridized carbons (Fsp3) is 0.158. The van der Waals surface area contributed by atoms with Gasteiger partial charge in [0.2, 0.25) is 11.7 Å². The van der Waals surface area contributed by atoms with Gasteiger partial charge in [-0.15, -0.1) is 0 Å². The molecular weight excluding hydrogens is 323 g/mol. The monoisotopic (exact) mass is 338 g/mol. The SMILES string of the molecule is NC(=O)c1oc2ccccc2c1NC(=O)[C@@H]1C[C@H]1c1ccccc1F. The van der Waals surface area contributed by atoms with E-state index in [9.17, 15) is 14.0 Å². The molecule has 0 saturated heterocycles. The van der Waals surface area contributed by atoms with Gasteiger partial charge in [0.1, 0.15) is 17.1 Å². The zero-order chi connectivity index (χ0) is 17.6. The second kappa shape index (κ2) is 5.73. The van der Waals surface area contributed by atoms with E-state index in [4.69, 9.17) is 10.2 Å². The molecule has 1 aliphatic rings. The number of furan rings is 1. The molecular formula is C19H15FN2O3. The second-order valence-electron chi connectivity index (χ2n) is 6.13. The molecule has 3 aromatic rings. The first-order valence-electron chi connectivity index (χ1n) is 7.93. The molecule has 0 spiro atoms. The molecule has 0 bridgehead atoms. The maximum atomic E-state index is 13.9. The van der Waals surface area contributed by atoms with Gasteiger partial charge < -0.3 is 15.5 Å². The van der Waals surface area contributed by atoms with E-state index < -0.39 is 5.91 Å². The van der Waals surface area contributed by atoms with Crippen molar-refractivity contribution in [2.75, 3.05) is 5.32 Å². The van der Waals surface area contributed by atoms with Gasteiger partial charge in [0.05, 0.1) is 0 Å². The summed E-state index contributed by atoms with van der Waals surface area (Å²) in [6.07, 6.45) is 0.564. The normalized spacial score (nSPS) is 18.9. The lowest BCUT2D eigenvalue weighted by molar-refractivity contribution is -0.117. The third kappa shape index (κ3) is 2.65. The summed E-state index contributed by atoms with van der Waals surface area (Å²) in [7, 11) is 0. The number of hydrogen-bond acceptors (Lipinski definition) is 3. The lowest BCUT2D eigenvalue weighted by atomic mass is 10.1. The van der Waals surface area contributed by atoms with Crippen molar-refractivity contribution >= 4 is 28.5 Å². The number of primary amides is 1. The van der Waals surface area contributed by atoms with Crippen molar-refractivity contribution in [1.82, 2.24) is 0 Å². The van der Waals surface area contributed by atoms with E-state index in [-0.39, 0.29) is 35.0 Å². The number of nitrogens with one attached hydrogen (secondary N) is 1. The summed E-state index contributed by atoms with van der Waals surface area (Å²) in [6, 6.07) is 13.4. The number of carbonyl (C=O) groups excluding carboxylic acids is 2. The summed E-state index contributed by atoms with van der Waals surface area (Å²) < 4.78 is 19.3. The highest BCUT2D eigenvalue weighted by atomic mass is 19.1. The molecule has 1 aromatic heterocycles. The zero-order valence-electron chi connectivity index (χ0n) is 13.2. The highest BCUT2D eigenvalue weighted by molar-refractivity contribution is 6.11. The number of benzene rings is 2. The Labute approximate surface area is 142 Å². The number of amides is 2. The van der Waals surface area contributed by atoms with E-state index in [0.717, 1.165) is 0 Å². The fourth-order valence-corrected chi connectivity index (χ4v) is 3.16.